The molecule has 0 aliphatic carbocycles. The van der Waals surface area contributed by atoms with Crippen molar-refractivity contribution >= 4 is 16.9 Å². The van der Waals surface area contributed by atoms with Crippen LogP contribution in [0.3, 0.4) is 0 Å². The van der Waals surface area contributed by atoms with Crippen LogP contribution in [-0.4, -0.2) is 11.0 Å². The maximum absolute atomic E-state index is 11.3. The average molecular weight is 277 g/mol. The van der Waals surface area contributed by atoms with E-state index in [1.54, 1.807) is 13.0 Å². The number of esters is 1. The molecule has 0 unspecified atom stereocenters. The molecule has 3 rings (SSSR count). The molecule has 0 saturated carbocycles. The summed E-state index contributed by atoms with van der Waals surface area (Å²) in [4.78, 5) is 16.0. The number of carbonyl (C=O) groups excluding carboxylic acids is 1. The highest BCUT2D eigenvalue weighted by atomic mass is 16.5. The maximum atomic E-state index is 11.3. The molecule has 0 spiro atoms. The third-order valence-corrected chi connectivity index (χ3v) is 3.25. The highest BCUT2D eigenvalue weighted by Gasteiger charge is 2.05. The van der Waals surface area contributed by atoms with E-state index in [4.69, 9.17) is 4.74 Å². The predicted octanol–water partition coefficient (Wildman–Crippen LogP) is 4.22. The van der Waals surface area contributed by atoms with E-state index in [1.807, 2.05) is 54.6 Å². The minimum atomic E-state index is -0.233. The quantitative estimate of drug-likeness (QED) is 0.531. The van der Waals surface area contributed by atoms with Crippen molar-refractivity contribution in [3.8, 4) is 17.0 Å². The van der Waals surface area contributed by atoms with E-state index in [0.29, 0.717) is 12.2 Å². The first-order chi connectivity index (χ1) is 10.3. The number of fused-ring (bicyclic) bond motifs is 1. The zero-order valence-electron chi connectivity index (χ0n) is 11.7. The van der Waals surface area contributed by atoms with Crippen LogP contribution in [0, 0.1) is 0 Å². The highest BCUT2D eigenvalue weighted by molar-refractivity contribution is 5.84. The second-order valence-corrected chi connectivity index (χ2v) is 4.74. The Bertz CT molecular complexity index is 782. The fourth-order valence-electron chi connectivity index (χ4n) is 2.14. The molecule has 3 heteroatoms. The Hall–Kier alpha value is -2.68. The largest absolute Gasteiger partial charge is 0.427 e. The van der Waals surface area contributed by atoms with Crippen LogP contribution < -0.4 is 4.74 Å². The van der Waals surface area contributed by atoms with Crippen LogP contribution in [0.5, 0.6) is 5.75 Å². The van der Waals surface area contributed by atoms with Gasteiger partial charge in [0.25, 0.3) is 0 Å². The van der Waals surface area contributed by atoms with E-state index in [1.165, 1.54) is 0 Å². The van der Waals surface area contributed by atoms with Crippen LogP contribution in [0.2, 0.25) is 0 Å². The Morgan fingerprint density at radius 2 is 1.86 bits per heavy atom. The van der Waals surface area contributed by atoms with E-state index in [-0.39, 0.29) is 5.97 Å². The molecule has 0 aliphatic heterocycles. The lowest BCUT2D eigenvalue weighted by Crippen LogP contribution is -2.05. The van der Waals surface area contributed by atoms with Gasteiger partial charge >= 0.3 is 5.97 Å². The third-order valence-electron chi connectivity index (χ3n) is 3.25. The number of ether oxygens (including phenoxy) is 1. The van der Waals surface area contributed by atoms with Crippen molar-refractivity contribution in [1.82, 2.24) is 4.98 Å². The SMILES string of the molecule is CCC(=O)Oc1ccc2nc(-c3ccccc3)ccc2c1. The molecule has 0 fully saturated rings. The van der Waals surface area contributed by atoms with Crippen LogP contribution in [0.15, 0.2) is 60.7 Å². The van der Waals surface area contributed by atoms with Gasteiger partial charge < -0.3 is 4.74 Å². The van der Waals surface area contributed by atoms with Crippen LogP contribution in [0.4, 0.5) is 0 Å². The lowest BCUT2D eigenvalue weighted by Gasteiger charge is -2.06. The summed E-state index contributed by atoms with van der Waals surface area (Å²) in [5.74, 6) is 0.326. The van der Waals surface area contributed by atoms with E-state index in [2.05, 4.69) is 4.98 Å². The van der Waals surface area contributed by atoms with Gasteiger partial charge in [0.2, 0.25) is 0 Å². The topological polar surface area (TPSA) is 39.2 Å². The van der Waals surface area contributed by atoms with Crippen molar-refractivity contribution in [2.45, 2.75) is 13.3 Å². The molecular formula is C18H15NO2. The highest BCUT2D eigenvalue weighted by Crippen LogP contribution is 2.24. The van der Waals surface area contributed by atoms with E-state index in [0.717, 1.165) is 22.2 Å². The molecule has 3 nitrogen and oxygen atoms in total. The predicted molar refractivity (Wildman–Crippen MR) is 83.1 cm³/mol. The molecule has 0 atom stereocenters. The first-order valence-corrected chi connectivity index (χ1v) is 6.93. The van der Waals surface area contributed by atoms with Crippen molar-refractivity contribution in [1.29, 1.82) is 0 Å². The summed E-state index contributed by atoms with van der Waals surface area (Å²) in [6, 6.07) is 19.5. The summed E-state index contributed by atoms with van der Waals surface area (Å²) >= 11 is 0. The summed E-state index contributed by atoms with van der Waals surface area (Å²) < 4.78 is 5.22. The van der Waals surface area contributed by atoms with Crippen LogP contribution in [0.25, 0.3) is 22.2 Å². The van der Waals surface area contributed by atoms with Gasteiger partial charge in [-0.05, 0) is 24.3 Å². The Labute approximate surface area is 123 Å². The van der Waals surface area contributed by atoms with E-state index >= 15 is 0 Å². The minimum Gasteiger partial charge on any atom is -0.427 e. The molecule has 0 aliphatic rings. The van der Waals surface area contributed by atoms with Gasteiger partial charge in [-0.1, -0.05) is 43.3 Å². The van der Waals surface area contributed by atoms with Gasteiger partial charge in [-0.15, -0.1) is 0 Å². The Morgan fingerprint density at radius 3 is 2.62 bits per heavy atom. The number of nitrogens with zero attached hydrogens (tertiary/aromatic N) is 1. The Balaban J connectivity index is 1.97. The first-order valence-electron chi connectivity index (χ1n) is 6.93. The van der Waals surface area contributed by atoms with Crippen LogP contribution in [-0.2, 0) is 4.79 Å². The first kappa shape index (κ1) is 13.3. The molecule has 1 heterocycles. The lowest BCUT2D eigenvalue weighted by atomic mass is 10.1. The molecule has 0 saturated heterocycles. The summed E-state index contributed by atoms with van der Waals surface area (Å²) in [6.07, 6.45) is 0.364. The molecule has 104 valence electrons. The summed E-state index contributed by atoms with van der Waals surface area (Å²) in [5.41, 5.74) is 2.90. The molecule has 0 N–H and O–H groups in total. The number of aromatic nitrogens is 1. The minimum absolute atomic E-state index is 0.233. The molecule has 0 amide bonds. The molecule has 3 aromatic rings. The smallest absolute Gasteiger partial charge is 0.310 e. The van der Waals surface area contributed by atoms with Gasteiger partial charge in [0.15, 0.2) is 0 Å². The molecule has 21 heavy (non-hydrogen) atoms. The van der Waals surface area contributed by atoms with Crippen molar-refractivity contribution in [3.63, 3.8) is 0 Å². The number of benzene rings is 2. The van der Waals surface area contributed by atoms with Gasteiger partial charge in [-0.25, -0.2) is 4.98 Å². The van der Waals surface area contributed by atoms with Gasteiger partial charge in [0, 0.05) is 17.4 Å². The second-order valence-electron chi connectivity index (χ2n) is 4.74. The second kappa shape index (κ2) is 5.75. The summed E-state index contributed by atoms with van der Waals surface area (Å²) in [5, 5.41) is 0.955. The van der Waals surface area contributed by atoms with E-state index < -0.39 is 0 Å². The average Bonchev–Trinajstić information content (AvgIpc) is 2.55. The Morgan fingerprint density at radius 1 is 1.05 bits per heavy atom. The number of carbonyl (C=O) groups is 1. The van der Waals surface area contributed by atoms with Gasteiger partial charge in [0.1, 0.15) is 5.75 Å². The van der Waals surface area contributed by atoms with Gasteiger partial charge in [-0.3, -0.25) is 4.79 Å². The van der Waals surface area contributed by atoms with Crippen LogP contribution in [0.1, 0.15) is 13.3 Å². The molecule has 0 bridgehead atoms. The fraction of sp³-hybridized carbons (Fsp3) is 0.111. The van der Waals surface area contributed by atoms with Gasteiger partial charge in [-0.2, -0.15) is 0 Å². The van der Waals surface area contributed by atoms with Crippen molar-refractivity contribution in [2.24, 2.45) is 0 Å². The molecular weight excluding hydrogens is 262 g/mol. The Kier molecular flexibility index (Phi) is 3.65. The van der Waals surface area contributed by atoms with Crippen molar-refractivity contribution in [2.75, 3.05) is 0 Å². The van der Waals surface area contributed by atoms with E-state index in [9.17, 15) is 4.79 Å². The zero-order valence-corrected chi connectivity index (χ0v) is 11.7. The fourth-order valence-corrected chi connectivity index (χ4v) is 2.14. The normalized spacial score (nSPS) is 10.5. The van der Waals surface area contributed by atoms with Crippen molar-refractivity contribution in [3.05, 3.63) is 60.7 Å². The maximum Gasteiger partial charge on any atom is 0.310 e. The summed E-state index contributed by atoms with van der Waals surface area (Å²) in [6.45, 7) is 1.77. The standard InChI is InChI=1S/C18H15NO2/c1-2-18(20)21-15-9-11-17-14(12-15)8-10-16(19-17)13-6-4-3-5-7-13/h3-12H,2H2,1H3. The zero-order chi connectivity index (χ0) is 14.7. The van der Waals surface area contributed by atoms with Crippen LogP contribution >= 0.6 is 0 Å². The number of hydrogen-bond acceptors (Lipinski definition) is 3. The van der Waals surface area contributed by atoms with Gasteiger partial charge in [0.05, 0.1) is 11.2 Å². The number of pyridine rings is 1. The number of rotatable bonds is 3. The third kappa shape index (κ3) is 2.92. The van der Waals surface area contributed by atoms with Crippen molar-refractivity contribution < 1.29 is 9.53 Å². The molecule has 0 radical (unpaired) electrons. The summed E-state index contributed by atoms with van der Waals surface area (Å²) in [7, 11) is 0. The monoisotopic (exact) mass is 277 g/mol. The number of hydrogen-bond donors (Lipinski definition) is 0. The molecule has 1 aromatic heterocycles. The lowest BCUT2D eigenvalue weighted by molar-refractivity contribution is -0.134. The molecule has 2 aromatic carbocycles.